The third-order valence-electron chi connectivity index (χ3n) is 5.75. The molecule has 0 amide bonds. The highest BCUT2D eigenvalue weighted by atomic mass is 19.4. The molecule has 1 nitrogen and oxygen atoms in total. The SMILES string of the molecule is CCCCCCCCC#Cc1ccc(C[N]Cc2ccc(C(F)(F)F)cc2)c2ccccc12. The van der Waals surface area contributed by atoms with Crippen molar-refractivity contribution in [3.63, 3.8) is 0 Å². The molecule has 3 aromatic carbocycles. The number of rotatable bonds is 10. The van der Waals surface area contributed by atoms with Gasteiger partial charge >= 0.3 is 6.18 Å². The third kappa shape index (κ3) is 7.65. The molecule has 0 aliphatic heterocycles. The van der Waals surface area contributed by atoms with E-state index in [4.69, 9.17) is 0 Å². The topological polar surface area (TPSA) is 14.1 Å². The van der Waals surface area contributed by atoms with Gasteiger partial charge in [-0.2, -0.15) is 13.2 Å². The lowest BCUT2D eigenvalue weighted by Crippen LogP contribution is -2.07. The molecule has 4 heteroatoms. The second-order valence-corrected chi connectivity index (χ2v) is 8.37. The number of unbranched alkanes of at least 4 members (excludes halogenated alkanes) is 6. The number of fused-ring (bicyclic) bond motifs is 1. The summed E-state index contributed by atoms with van der Waals surface area (Å²) in [5.74, 6) is 6.67. The number of alkyl halides is 3. The average molecular weight is 451 g/mol. The van der Waals surface area contributed by atoms with Gasteiger partial charge in [0.25, 0.3) is 0 Å². The van der Waals surface area contributed by atoms with Crippen molar-refractivity contribution in [3.05, 3.63) is 82.9 Å². The van der Waals surface area contributed by atoms with E-state index in [0.29, 0.717) is 13.1 Å². The van der Waals surface area contributed by atoms with Gasteiger partial charge < -0.3 is 0 Å². The molecule has 33 heavy (non-hydrogen) atoms. The third-order valence-corrected chi connectivity index (χ3v) is 5.75. The highest BCUT2D eigenvalue weighted by Gasteiger charge is 2.29. The second kappa shape index (κ2) is 12.5. The summed E-state index contributed by atoms with van der Waals surface area (Å²) in [5.41, 5.74) is 2.26. The molecule has 0 saturated heterocycles. The molecule has 3 aromatic rings. The van der Waals surface area contributed by atoms with E-state index in [9.17, 15) is 13.2 Å². The van der Waals surface area contributed by atoms with Gasteiger partial charge in [-0.25, -0.2) is 5.32 Å². The molecule has 0 aliphatic rings. The zero-order valence-electron chi connectivity index (χ0n) is 19.2. The number of hydrogen-bond donors (Lipinski definition) is 0. The first kappa shape index (κ1) is 24.9. The monoisotopic (exact) mass is 450 g/mol. The van der Waals surface area contributed by atoms with Crippen LogP contribution in [0.3, 0.4) is 0 Å². The van der Waals surface area contributed by atoms with Crippen molar-refractivity contribution < 1.29 is 13.2 Å². The molecule has 173 valence electrons. The van der Waals surface area contributed by atoms with Crippen LogP contribution in [-0.4, -0.2) is 0 Å². The maximum Gasteiger partial charge on any atom is 0.416 e. The van der Waals surface area contributed by atoms with Crippen LogP contribution in [0.2, 0.25) is 0 Å². The van der Waals surface area contributed by atoms with E-state index in [2.05, 4.69) is 48.3 Å². The smallest absolute Gasteiger partial charge is 0.232 e. The molecule has 3 rings (SSSR count). The standard InChI is InChI=1S/C29H31F3N/c1-2-3-4-5-6-7-8-9-12-24-17-18-25(28-14-11-10-13-27(24)28)22-33-21-23-15-19-26(20-16-23)29(30,31)32/h10-11,13-20H,2-8,21-22H2,1H3. The van der Waals surface area contributed by atoms with Crippen molar-refractivity contribution in [2.75, 3.05) is 0 Å². The van der Waals surface area contributed by atoms with E-state index < -0.39 is 11.7 Å². The van der Waals surface area contributed by atoms with Gasteiger partial charge in [0, 0.05) is 25.1 Å². The average Bonchev–Trinajstić information content (AvgIpc) is 2.81. The summed E-state index contributed by atoms with van der Waals surface area (Å²) in [6.45, 7) is 3.12. The quantitative estimate of drug-likeness (QED) is 0.218. The van der Waals surface area contributed by atoms with E-state index in [1.165, 1.54) is 44.2 Å². The van der Waals surface area contributed by atoms with Gasteiger partial charge in [0.05, 0.1) is 5.56 Å². The first-order valence-electron chi connectivity index (χ1n) is 11.8. The van der Waals surface area contributed by atoms with Gasteiger partial charge in [-0.3, -0.25) is 0 Å². The van der Waals surface area contributed by atoms with Gasteiger partial charge in [0.15, 0.2) is 0 Å². The Morgan fingerprint density at radius 1 is 0.758 bits per heavy atom. The molecule has 1 radical (unpaired) electrons. The number of halogens is 3. The van der Waals surface area contributed by atoms with Gasteiger partial charge in [-0.15, -0.1) is 0 Å². The molecule has 0 heterocycles. The van der Waals surface area contributed by atoms with Crippen molar-refractivity contribution >= 4 is 10.8 Å². The molecule has 0 spiro atoms. The van der Waals surface area contributed by atoms with Crippen LogP contribution < -0.4 is 5.32 Å². The summed E-state index contributed by atoms with van der Waals surface area (Å²) in [6, 6.07) is 17.5. The minimum atomic E-state index is -4.31. The van der Waals surface area contributed by atoms with Crippen LogP contribution in [-0.2, 0) is 19.3 Å². The summed E-state index contributed by atoms with van der Waals surface area (Å²) >= 11 is 0. The van der Waals surface area contributed by atoms with Crippen molar-refractivity contribution in [2.45, 2.75) is 71.1 Å². The molecule has 0 atom stereocenters. The maximum absolute atomic E-state index is 12.7. The van der Waals surface area contributed by atoms with Gasteiger partial charge in [0.2, 0.25) is 0 Å². The lowest BCUT2D eigenvalue weighted by Gasteiger charge is -2.10. The summed E-state index contributed by atoms with van der Waals surface area (Å²) in [4.78, 5) is 0. The number of nitrogens with zero attached hydrogens (tertiary/aromatic N) is 1. The van der Waals surface area contributed by atoms with Crippen LogP contribution in [0.4, 0.5) is 13.2 Å². The Morgan fingerprint density at radius 3 is 2.18 bits per heavy atom. The fraction of sp³-hybridized carbons (Fsp3) is 0.379. The first-order chi connectivity index (χ1) is 16.0. The van der Waals surface area contributed by atoms with E-state index in [-0.39, 0.29) is 0 Å². The molecular weight excluding hydrogens is 419 g/mol. The molecule has 0 N–H and O–H groups in total. The largest absolute Gasteiger partial charge is 0.416 e. The van der Waals surface area contributed by atoms with Crippen LogP contribution in [0.5, 0.6) is 0 Å². The Kier molecular flexibility index (Phi) is 9.39. The predicted octanol–water partition coefficient (Wildman–Crippen LogP) is 8.27. The zero-order chi connectivity index (χ0) is 23.5. The van der Waals surface area contributed by atoms with Gasteiger partial charge in [-0.1, -0.05) is 93.3 Å². The van der Waals surface area contributed by atoms with Gasteiger partial charge in [-0.05, 0) is 46.5 Å². The summed E-state index contributed by atoms with van der Waals surface area (Å²) < 4.78 is 38.1. The summed E-state index contributed by atoms with van der Waals surface area (Å²) in [6.07, 6.45) is 4.21. The Bertz CT molecular complexity index is 1070. The van der Waals surface area contributed by atoms with Crippen LogP contribution in [0.25, 0.3) is 10.8 Å². The van der Waals surface area contributed by atoms with Crippen LogP contribution in [0.15, 0.2) is 60.7 Å². The number of benzene rings is 3. The number of hydrogen-bond acceptors (Lipinski definition) is 0. The lowest BCUT2D eigenvalue weighted by atomic mass is 9.99. The van der Waals surface area contributed by atoms with E-state index in [0.717, 1.165) is 52.4 Å². The minimum absolute atomic E-state index is 0.381. The lowest BCUT2D eigenvalue weighted by molar-refractivity contribution is -0.137. The van der Waals surface area contributed by atoms with Crippen molar-refractivity contribution in [1.29, 1.82) is 0 Å². The highest BCUT2D eigenvalue weighted by molar-refractivity contribution is 5.90. The van der Waals surface area contributed by atoms with E-state index >= 15 is 0 Å². The molecule has 0 aliphatic carbocycles. The molecule has 0 aromatic heterocycles. The van der Waals surface area contributed by atoms with E-state index in [1.54, 1.807) is 0 Å². The Balaban J connectivity index is 1.58. The van der Waals surface area contributed by atoms with Crippen LogP contribution >= 0.6 is 0 Å². The maximum atomic E-state index is 12.7. The fourth-order valence-electron chi connectivity index (χ4n) is 3.86. The Labute approximate surface area is 195 Å². The summed E-state index contributed by atoms with van der Waals surface area (Å²) in [5, 5.41) is 6.83. The van der Waals surface area contributed by atoms with Gasteiger partial charge in [0.1, 0.15) is 0 Å². The Morgan fingerprint density at radius 2 is 1.45 bits per heavy atom. The van der Waals surface area contributed by atoms with Crippen LogP contribution in [0, 0.1) is 11.8 Å². The van der Waals surface area contributed by atoms with Crippen molar-refractivity contribution in [3.8, 4) is 11.8 Å². The van der Waals surface area contributed by atoms with Crippen molar-refractivity contribution in [2.24, 2.45) is 0 Å². The molecule has 0 fully saturated rings. The second-order valence-electron chi connectivity index (χ2n) is 8.37. The molecule has 0 bridgehead atoms. The molecule has 0 unspecified atom stereocenters. The van der Waals surface area contributed by atoms with Crippen LogP contribution in [0.1, 0.15) is 74.1 Å². The molecular formula is C29H31F3N. The van der Waals surface area contributed by atoms with E-state index in [1.807, 2.05) is 12.1 Å². The zero-order valence-corrected chi connectivity index (χ0v) is 19.2. The predicted molar refractivity (Wildman–Crippen MR) is 130 cm³/mol. The Hall–Kier alpha value is -2.77. The normalized spacial score (nSPS) is 11.4. The fourth-order valence-corrected chi connectivity index (χ4v) is 3.86. The summed E-state index contributed by atoms with van der Waals surface area (Å²) in [7, 11) is 0. The van der Waals surface area contributed by atoms with Crippen molar-refractivity contribution in [1.82, 2.24) is 5.32 Å². The molecule has 0 saturated carbocycles. The minimum Gasteiger partial charge on any atom is -0.232 e. The highest BCUT2D eigenvalue weighted by Crippen LogP contribution is 2.29. The first-order valence-corrected chi connectivity index (χ1v) is 11.8.